The Morgan fingerprint density at radius 2 is 1.70 bits per heavy atom. The second kappa shape index (κ2) is 2.25. The first-order valence-corrected chi connectivity index (χ1v) is 4.43. The van der Waals surface area contributed by atoms with Gasteiger partial charge in [0.25, 0.3) is 0 Å². The van der Waals surface area contributed by atoms with Crippen molar-refractivity contribution >= 4 is 0 Å². The Kier molecular flexibility index (Phi) is 1.82. The van der Waals surface area contributed by atoms with Crippen LogP contribution >= 0.6 is 0 Å². The van der Waals surface area contributed by atoms with Crippen LogP contribution < -0.4 is 0 Å². The summed E-state index contributed by atoms with van der Waals surface area (Å²) in [6.07, 6.45) is 1.47. The zero-order valence-corrected chi connectivity index (χ0v) is 7.94. The summed E-state index contributed by atoms with van der Waals surface area (Å²) in [7, 11) is 0. The molecule has 1 fully saturated rings. The maximum Gasteiger partial charge on any atom is -0.0332 e. The average Bonchev–Trinajstić information content (AvgIpc) is 2.35. The van der Waals surface area contributed by atoms with Crippen molar-refractivity contribution in [3.05, 3.63) is 0 Å². The van der Waals surface area contributed by atoms with Crippen LogP contribution in [0.15, 0.2) is 0 Å². The molecular weight excluding hydrogens is 120 g/mol. The molecule has 0 aromatic heterocycles. The Bertz CT molecular complexity index is 116. The maximum absolute atomic E-state index is 2.36. The topological polar surface area (TPSA) is 0 Å². The zero-order valence-electron chi connectivity index (χ0n) is 7.94. The molecule has 1 saturated carbocycles. The molecule has 0 N–H and O–H groups in total. The van der Waals surface area contributed by atoms with E-state index in [2.05, 4.69) is 34.6 Å². The third-order valence-electron chi connectivity index (χ3n) is 2.81. The third-order valence-corrected chi connectivity index (χ3v) is 2.81. The van der Waals surface area contributed by atoms with Crippen LogP contribution in [0.3, 0.4) is 0 Å². The van der Waals surface area contributed by atoms with Crippen LogP contribution in [0, 0.1) is 23.2 Å². The Hall–Kier alpha value is 0. The van der Waals surface area contributed by atoms with Gasteiger partial charge in [0.1, 0.15) is 0 Å². The molecule has 1 rings (SSSR count). The van der Waals surface area contributed by atoms with E-state index in [9.17, 15) is 0 Å². The van der Waals surface area contributed by atoms with E-state index in [1.54, 1.807) is 0 Å². The summed E-state index contributed by atoms with van der Waals surface area (Å²) in [5.41, 5.74) is 0.564. The number of hydrogen-bond donors (Lipinski definition) is 0. The van der Waals surface area contributed by atoms with Gasteiger partial charge in [-0.05, 0) is 29.6 Å². The maximum atomic E-state index is 2.36. The number of rotatable bonds is 1. The third kappa shape index (κ3) is 1.53. The van der Waals surface area contributed by atoms with Crippen molar-refractivity contribution in [3.8, 4) is 0 Å². The predicted molar refractivity (Wildman–Crippen MR) is 45.9 cm³/mol. The summed E-state index contributed by atoms with van der Waals surface area (Å²) in [6, 6.07) is 0. The quantitative estimate of drug-likeness (QED) is 0.524. The smallest absolute Gasteiger partial charge is 0.0332 e. The monoisotopic (exact) mass is 140 g/mol. The van der Waals surface area contributed by atoms with Crippen molar-refractivity contribution in [2.24, 2.45) is 23.2 Å². The van der Waals surface area contributed by atoms with Gasteiger partial charge in [-0.15, -0.1) is 0 Å². The fourth-order valence-corrected chi connectivity index (χ4v) is 1.95. The van der Waals surface area contributed by atoms with Crippen molar-refractivity contribution < 1.29 is 0 Å². The van der Waals surface area contributed by atoms with Crippen LogP contribution in [0.1, 0.15) is 41.0 Å². The lowest BCUT2D eigenvalue weighted by atomic mass is 9.87. The van der Waals surface area contributed by atoms with Gasteiger partial charge in [0.2, 0.25) is 0 Å². The summed E-state index contributed by atoms with van der Waals surface area (Å²) in [4.78, 5) is 0. The molecule has 1 unspecified atom stereocenters. The van der Waals surface area contributed by atoms with E-state index in [0.717, 1.165) is 17.8 Å². The first-order chi connectivity index (χ1) is 4.43. The highest BCUT2D eigenvalue weighted by Gasteiger charge is 2.46. The minimum absolute atomic E-state index is 0.564. The predicted octanol–water partition coefficient (Wildman–Crippen LogP) is 3.32. The van der Waals surface area contributed by atoms with Gasteiger partial charge < -0.3 is 0 Å². The first kappa shape index (κ1) is 8.10. The molecule has 0 bridgehead atoms. The fourth-order valence-electron chi connectivity index (χ4n) is 1.95. The largest absolute Gasteiger partial charge is 0.0625 e. The molecule has 1 aliphatic rings. The molecule has 0 saturated heterocycles. The van der Waals surface area contributed by atoms with Crippen LogP contribution in [0.2, 0.25) is 0 Å². The zero-order chi connectivity index (χ0) is 7.94. The SMILES string of the molecule is CC(C)C1C[C@@H]1C(C)(C)C. The molecule has 0 heterocycles. The molecule has 0 heteroatoms. The summed E-state index contributed by atoms with van der Waals surface area (Å²) < 4.78 is 0. The van der Waals surface area contributed by atoms with Crippen molar-refractivity contribution in [1.82, 2.24) is 0 Å². The molecule has 0 spiro atoms. The molecule has 0 aliphatic heterocycles. The highest BCUT2D eigenvalue weighted by molar-refractivity contribution is 4.95. The summed E-state index contributed by atoms with van der Waals surface area (Å²) >= 11 is 0. The highest BCUT2D eigenvalue weighted by Crippen LogP contribution is 2.53. The van der Waals surface area contributed by atoms with E-state index in [-0.39, 0.29) is 0 Å². The lowest BCUT2D eigenvalue weighted by Crippen LogP contribution is -2.10. The summed E-state index contributed by atoms with van der Waals surface area (Å²) in [6.45, 7) is 11.8. The van der Waals surface area contributed by atoms with Crippen molar-refractivity contribution in [2.45, 2.75) is 41.0 Å². The van der Waals surface area contributed by atoms with E-state index in [1.807, 2.05) is 0 Å². The van der Waals surface area contributed by atoms with Gasteiger partial charge in [-0.2, -0.15) is 0 Å². The van der Waals surface area contributed by atoms with Crippen LogP contribution in [-0.2, 0) is 0 Å². The molecule has 60 valence electrons. The van der Waals surface area contributed by atoms with E-state index in [0.29, 0.717) is 5.41 Å². The Balaban J connectivity index is 2.39. The molecule has 0 radical (unpaired) electrons. The normalized spacial score (nSPS) is 33.0. The molecule has 0 nitrogen and oxygen atoms in total. The van der Waals surface area contributed by atoms with Gasteiger partial charge in [-0.3, -0.25) is 0 Å². The molecule has 0 aromatic rings. The van der Waals surface area contributed by atoms with Crippen molar-refractivity contribution in [1.29, 1.82) is 0 Å². The van der Waals surface area contributed by atoms with Gasteiger partial charge in [-0.25, -0.2) is 0 Å². The fraction of sp³-hybridized carbons (Fsp3) is 1.00. The van der Waals surface area contributed by atoms with Gasteiger partial charge in [0, 0.05) is 0 Å². The Labute approximate surface area is 65.0 Å². The van der Waals surface area contributed by atoms with Gasteiger partial charge in [0.05, 0.1) is 0 Å². The van der Waals surface area contributed by atoms with E-state index >= 15 is 0 Å². The van der Waals surface area contributed by atoms with Crippen molar-refractivity contribution in [2.75, 3.05) is 0 Å². The van der Waals surface area contributed by atoms with E-state index in [4.69, 9.17) is 0 Å². The van der Waals surface area contributed by atoms with Crippen LogP contribution in [0.5, 0.6) is 0 Å². The van der Waals surface area contributed by atoms with Crippen LogP contribution in [0.25, 0.3) is 0 Å². The standard InChI is InChI=1S/C10H20/c1-7(2)8-6-9(8)10(3,4)5/h7-9H,6H2,1-5H3/t8?,9-/m0/s1. The Morgan fingerprint density at radius 1 is 1.20 bits per heavy atom. The van der Waals surface area contributed by atoms with Gasteiger partial charge in [-0.1, -0.05) is 34.6 Å². The van der Waals surface area contributed by atoms with Gasteiger partial charge in [0.15, 0.2) is 0 Å². The van der Waals surface area contributed by atoms with E-state index < -0.39 is 0 Å². The average molecular weight is 140 g/mol. The summed E-state index contributed by atoms with van der Waals surface area (Å²) in [5, 5.41) is 0. The molecule has 0 aromatic carbocycles. The van der Waals surface area contributed by atoms with Crippen LogP contribution in [-0.4, -0.2) is 0 Å². The van der Waals surface area contributed by atoms with E-state index in [1.165, 1.54) is 6.42 Å². The first-order valence-electron chi connectivity index (χ1n) is 4.43. The Morgan fingerprint density at radius 3 is 1.80 bits per heavy atom. The minimum Gasteiger partial charge on any atom is -0.0625 e. The second-order valence-electron chi connectivity index (χ2n) is 5.12. The lowest BCUT2D eigenvalue weighted by Gasteiger charge is -2.18. The minimum atomic E-state index is 0.564. The molecule has 1 aliphatic carbocycles. The molecular formula is C10H20. The number of hydrogen-bond acceptors (Lipinski definition) is 0. The molecule has 10 heavy (non-hydrogen) atoms. The highest BCUT2D eigenvalue weighted by atomic mass is 14.5. The second-order valence-corrected chi connectivity index (χ2v) is 5.12. The molecule has 0 amide bonds. The lowest BCUT2D eigenvalue weighted by molar-refractivity contribution is 0.309. The molecule has 2 atom stereocenters. The summed E-state index contributed by atoms with van der Waals surface area (Å²) in [5.74, 6) is 2.94. The van der Waals surface area contributed by atoms with Crippen molar-refractivity contribution in [3.63, 3.8) is 0 Å². The van der Waals surface area contributed by atoms with Crippen LogP contribution in [0.4, 0.5) is 0 Å². The van der Waals surface area contributed by atoms with Gasteiger partial charge >= 0.3 is 0 Å².